The van der Waals surface area contributed by atoms with E-state index in [1.807, 2.05) is 0 Å². The van der Waals surface area contributed by atoms with Crippen molar-refractivity contribution >= 4 is 28.8 Å². The van der Waals surface area contributed by atoms with Crippen LogP contribution in [0.15, 0.2) is 12.1 Å². The van der Waals surface area contributed by atoms with Crippen LogP contribution in [-0.2, 0) is 4.79 Å². The van der Waals surface area contributed by atoms with Gasteiger partial charge in [-0.15, -0.1) is 0 Å². The fraction of sp³-hybridized carbons (Fsp3) is 0.273. The number of amides is 1. The van der Waals surface area contributed by atoms with Crippen molar-refractivity contribution in [2.75, 3.05) is 11.9 Å². The second kappa shape index (κ2) is 4.85. The van der Waals surface area contributed by atoms with Crippen molar-refractivity contribution in [2.45, 2.75) is 12.5 Å². The van der Waals surface area contributed by atoms with Crippen molar-refractivity contribution < 1.29 is 13.6 Å². The highest BCUT2D eigenvalue weighted by molar-refractivity contribution is 7.80. The van der Waals surface area contributed by atoms with Crippen molar-refractivity contribution in [3.8, 4) is 0 Å². The molecule has 1 aliphatic heterocycles. The zero-order chi connectivity index (χ0) is 13.3. The van der Waals surface area contributed by atoms with Crippen LogP contribution in [0.4, 0.5) is 14.5 Å². The molecule has 1 saturated heterocycles. The lowest BCUT2D eigenvalue weighted by Crippen LogP contribution is -2.23. The molecule has 4 N–H and O–H groups in total. The SMILES string of the molecule is NC(=S)c1ccc(NC2CNC(=O)C2)c(F)c1F. The Labute approximate surface area is 108 Å². The van der Waals surface area contributed by atoms with Crippen molar-refractivity contribution in [1.29, 1.82) is 0 Å². The second-order valence-electron chi connectivity index (χ2n) is 4.00. The van der Waals surface area contributed by atoms with Crippen LogP contribution in [0.3, 0.4) is 0 Å². The molecule has 1 amide bonds. The van der Waals surface area contributed by atoms with Gasteiger partial charge in [0.1, 0.15) is 4.99 Å². The largest absolute Gasteiger partial charge is 0.389 e. The summed E-state index contributed by atoms with van der Waals surface area (Å²) in [5.41, 5.74) is 5.13. The molecule has 0 aromatic heterocycles. The minimum Gasteiger partial charge on any atom is -0.389 e. The van der Waals surface area contributed by atoms with Crippen molar-refractivity contribution in [3.05, 3.63) is 29.3 Å². The van der Waals surface area contributed by atoms with E-state index in [1.165, 1.54) is 12.1 Å². The van der Waals surface area contributed by atoms with E-state index < -0.39 is 11.6 Å². The molecule has 1 unspecified atom stereocenters. The van der Waals surface area contributed by atoms with Gasteiger partial charge >= 0.3 is 0 Å². The van der Waals surface area contributed by atoms with Crippen LogP contribution in [0.25, 0.3) is 0 Å². The van der Waals surface area contributed by atoms with Gasteiger partial charge in [-0.1, -0.05) is 12.2 Å². The Kier molecular flexibility index (Phi) is 3.42. The van der Waals surface area contributed by atoms with E-state index >= 15 is 0 Å². The van der Waals surface area contributed by atoms with Gasteiger partial charge in [0.15, 0.2) is 11.6 Å². The molecule has 0 bridgehead atoms. The number of thiocarbonyl (C=S) groups is 1. The Morgan fingerprint density at radius 2 is 2.17 bits per heavy atom. The summed E-state index contributed by atoms with van der Waals surface area (Å²) in [6, 6.07) is 2.42. The lowest BCUT2D eigenvalue weighted by atomic mass is 10.1. The average molecular weight is 271 g/mol. The molecule has 18 heavy (non-hydrogen) atoms. The molecule has 4 nitrogen and oxygen atoms in total. The maximum absolute atomic E-state index is 13.7. The Morgan fingerprint density at radius 3 is 2.72 bits per heavy atom. The van der Waals surface area contributed by atoms with Crippen LogP contribution < -0.4 is 16.4 Å². The molecule has 1 heterocycles. The Bertz CT molecular complexity index is 521. The summed E-state index contributed by atoms with van der Waals surface area (Å²) < 4.78 is 27.3. The number of hydrogen-bond donors (Lipinski definition) is 3. The first-order valence-corrected chi connectivity index (χ1v) is 5.71. The summed E-state index contributed by atoms with van der Waals surface area (Å²) in [6.07, 6.45) is 0.234. The molecule has 96 valence electrons. The molecule has 0 aliphatic carbocycles. The lowest BCUT2D eigenvalue weighted by molar-refractivity contribution is -0.119. The Morgan fingerprint density at radius 1 is 1.44 bits per heavy atom. The monoisotopic (exact) mass is 271 g/mol. The lowest BCUT2D eigenvalue weighted by Gasteiger charge is -2.14. The Hall–Kier alpha value is -1.76. The summed E-state index contributed by atoms with van der Waals surface area (Å²) in [5.74, 6) is -2.24. The molecular formula is C11H11F2N3OS. The predicted molar refractivity (Wildman–Crippen MR) is 67.3 cm³/mol. The van der Waals surface area contributed by atoms with Crippen molar-refractivity contribution in [1.82, 2.24) is 5.32 Å². The van der Waals surface area contributed by atoms with E-state index in [0.717, 1.165) is 0 Å². The number of anilines is 1. The number of nitrogens with two attached hydrogens (primary N) is 1. The fourth-order valence-electron chi connectivity index (χ4n) is 1.78. The third kappa shape index (κ3) is 2.40. The normalized spacial score (nSPS) is 18.6. The molecule has 1 atom stereocenters. The standard InChI is InChI=1S/C11H11F2N3OS/c12-9-6(11(14)18)1-2-7(10(9)13)16-5-3-8(17)15-4-5/h1-2,5,16H,3-4H2,(H2,14,18)(H,15,17). The molecule has 1 aromatic rings. The van der Waals surface area contributed by atoms with Crippen LogP contribution in [0, 0.1) is 11.6 Å². The smallest absolute Gasteiger partial charge is 0.222 e. The van der Waals surface area contributed by atoms with Gasteiger partial charge in [0.05, 0.1) is 11.7 Å². The van der Waals surface area contributed by atoms with Crippen molar-refractivity contribution in [3.63, 3.8) is 0 Å². The Balaban J connectivity index is 2.22. The van der Waals surface area contributed by atoms with E-state index in [4.69, 9.17) is 5.73 Å². The minimum absolute atomic E-state index is 0.00556. The van der Waals surface area contributed by atoms with Crippen LogP contribution in [0.2, 0.25) is 0 Å². The first kappa shape index (κ1) is 12.7. The topological polar surface area (TPSA) is 67.2 Å². The zero-order valence-electron chi connectivity index (χ0n) is 9.30. The highest BCUT2D eigenvalue weighted by atomic mass is 32.1. The third-order valence-electron chi connectivity index (χ3n) is 2.68. The van der Waals surface area contributed by atoms with Gasteiger partial charge in [0, 0.05) is 18.5 Å². The van der Waals surface area contributed by atoms with Crippen LogP contribution >= 0.6 is 12.2 Å². The first-order chi connectivity index (χ1) is 8.49. The van der Waals surface area contributed by atoms with Gasteiger partial charge in [-0.05, 0) is 12.1 Å². The molecule has 0 radical (unpaired) electrons. The highest BCUT2D eigenvalue weighted by Crippen LogP contribution is 2.22. The summed E-state index contributed by atoms with van der Waals surface area (Å²) in [4.78, 5) is 10.8. The van der Waals surface area contributed by atoms with E-state index in [-0.39, 0.29) is 34.6 Å². The molecule has 7 heteroatoms. The number of benzene rings is 1. The van der Waals surface area contributed by atoms with Gasteiger partial charge in [-0.3, -0.25) is 4.79 Å². The molecule has 1 aliphatic rings. The number of nitrogens with one attached hydrogen (secondary N) is 2. The summed E-state index contributed by atoms with van der Waals surface area (Å²) in [6.45, 7) is 0.386. The third-order valence-corrected chi connectivity index (χ3v) is 2.90. The maximum Gasteiger partial charge on any atom is 0.222 e. The average Bonchev–Trinajstić information content (AvgIpc) is 2.70. The number of hydrogen-bond acceptors (Lipinski definition) is 3. The number of carbonyl (C=O) groups excluding carboxylic acids is 1. The fourth-order valence-corrected chi connectivity index (χ4v) is 1.94. The van der Waals surface area contributed by atoms with Crippen LogP contribution in [0.5, 0.6) is 0 Å². The highest BCUT2D eigenvalue weighted by Gasteiger charge is 2.23. The first-order valence-electron chi connectivity index (χ1n) is 5.30. The van der Waals surface area contributed by atoms with Crippen molar-refractivity contribution in [2.24, 2.45) is 5.73 Å². The molecular weight excluding hydrogens is 260 g/mol. The van der Waals surface area contributed by atoms with Gasteiger partial charge in [-0.2, -0.15) is 0 Å². The number of rotatable bonds is 3. The molecule has 2 rings (SSSR count). The quantitative estimate of drug-likeness (QED) is 0.715. The summed E-state index contributed by atoms with van der Waals surface area (Å²) >= 11 is 4.61. The van der Waals surface area contributed by atoms with Crippen LogP contribution in [-0.4, -0.2) is 23.5 Å². The molecule has 0 spiro atoms. The molecule has 0 saturated carbocycles. The van der Waals surface area contributed by atoms with Gasteiger partial charge in [0.25, 0.3) is 0 Å². The number of halogens is 2. The van der Waals surface area contributed by atoms with Gasteiger partial charge in [-0.25, -0.2) is 8.78 Å². The molecule has 1 fully saturated rings. The number of carbonyl (C=O) groups is 1. The van der Waals surface area contributed by atoms with E-state index in [2.05, 4.69) is 22.9 Å². The van der Waals surface area contributed by atoms with E-state index in [0.29, 0.717) is 6.54 Å². The maximum atomic E-state index is 13.7. The minimum atomic E-state index is -1.08. The second-order valence-corrected chi connectivity index (χ2v) is 4.44. The predicted octanol–water partition coefficient (Wildman–Crippen LogP) is 0.899. The van der Waals surface area contributed by atoms with E-state index in [1.54, 1.807) is 0 Å². The summed E-state index contributed by atoms with van der Waals surface area (Å²) in [7, 11) is 0. The van der Waals surface area contributed by atoms with Gasteiger partial charge < -0.3 is 16.4 Å². The van der Waals surface area contributed by atoms with E-state index in [9.17, 15) is 13.6 Å². The molecule has 1 aromatic carbocycles. The zero-order valence-corrected chi connectivity index (χ0v) is 10.1. The summed E-state index contributed by atoms with van der Waals surface area (Å²) in [5, 5.41) is 5.36. The van der Waals surface area contributed by atoms with Gasteiger partial charge in [0.2, 0.25) is 5.91 Å². The van der Waals surface area contributed by atoms with Crippen LogP contribution in [0.1, 0.15) is 12.0 Å².